The van der Waals surface area contributed by atoms with Gasteiger partial charge in [-0.1, -0.05) is 6.58 Å². The molecular weight excluding hydrogens is 176 g/mol. The monoisotopic (exact) mass is 184 g/mol. The van der Waals surface area contributed by atoms with Crippen molar-refractivity contribution < 1.29 is 18.4 Å². The molecule has 0 aliphatic heterocycles. The van der Waals surface area contributed by atoms with Crippen LogP contribution in [0.4, 0.5) is 0 Å². The van der Waals surface area contributed by atoms with Crippen molar-refractivity contribution in [3.8, 4) is 0 Å². The minimum Gasteiger partial charge on any atom is -0.454 e. The lowest BCUT2D eigenvalue weighted by Crippen LogP contribution is -2.00. The second-order valence-electron chi connectivity index (χ2n) is 2.25. The van der Waals surface area contributed by atoms with Gasteiger partial charge in [-0.15, -0.1) is 0 Å². The Morgan fingerprint density at radius 1 is 1.62 bits per heavy atom. The van der Waals surface area contributed by atoms with E-state index in [-0.39, 0.29) is 12.4 Å². The van der Waals surface area contributed by atoms with Gasteiger partial charge in [-0.3, -0.25) is 0 Å². The molecule has 0 N–H and O–H groups in total. The normalized spacial score (nSPS) is 9.62. The second-order valence-corrected chi connectivity index (χ2v) is 2.25. The van der Waals surface area contributed by atoms with Crippen molar-refractivity contribution in [2.24, 2.45) is 0 Å². The Hall–Kier alpha value is -1.78. The molecule has 0 fully saturated rings. The Morgan fingerprint density at radius 2 is 2.31 bits per heavy atom. The fourth-order valence-corrected chi connectivity index (χ4v) is 0.702. The van der Waals surface area contributed by atoms with Gasteiger partial charge < -0.3 is 13.6 Å². The first-order chi connectivity index (χ1) is 6.13. The van der Waals surface area contributed by atoms with E-state index in [1.54, 1.807) is 6.92 Å². The van der Waals surface area contributed by atoms with Crippen molar-refractivity contribution in [3.05, 3.63) is 34.8 Å². The summed E-state index contributed by atoms with van der Waals surface area (Å²) in [5.74, 6) is -0.868. The summed E-state index contributed by atoms with van der Waals surface area (Å²) in [6, 6.07) is 0. The predicted molar refractivity (Wildman–Crippen MR) is 42.0 cm³/mol. The summed E-state index contributed by atoms with van der Waals surface area (Å²) in [5, 5.41) is 0. The summed E-state index contributed by atoms with van der Waals surface area (Å²) in [7, 11) is 0. The van der Waals surface area contributed by atoms with Crippen LogP contribution in [0.5, 0.6) is 0 Å². The summed E-state index contributed by atoms with van der Waals surface area (Å²) < 4.78 is 13.7. The number of aryl methyl sites for hydroxylation is 1. The molecule has 0 bridgehead atoms. The zero-order valence-corrected chi connectivity index (χ0v) is 7.03. The smallest absolute Gasteiger partial charge is 0.454 e. The van der Waals surface area contributed by atoms with Gasteiger partial charge in [-0.25, -0.2) is 9.59 Å². The quantitative estimate of drug-likeness (QED) is 0.512. The van der Waals surface area contributed by atoms with Crippen LogP contribution in [0.2, 0.25) is 0 Å². The first-order valence-corrected chi connectivity index (χ1v) is 3.52. The maximum Gasteiger partial charge on any atom is 0.519 e. The van der Waals surface area contributed by atoms with Crippen LogP contribution in [0, 0.1) is 6.92 Å². The third-order valence-corrected chi connectivity index (χ3v) is 1.35. The highest BCUT2D eigenvalue weighted by Gasteiger charge is 2.09. The molecular formula is C8H8O5. The lowest BCUT2D eigenvalue weighted by molar-refractivity contribution is -0.139. The van der Waals surface area contributed by atoms with Crippen molar-refractivity contribution in [1.29, 1.82) is 0 Å². The lowest BCUT2D eigenvalue weighted by Gasteiger charge is -1.96. The number of hydrogen-bond acceptors (Lipinski definition) is 5. The molecule has 0 aliphatic carbocycles. The van der Waals surface area contributed by atoms with Crippen LogP contribution in [0.25, 0.3) is 0 Å². The van der Waals surface area contributed by atoms with E-state index in [4.69, 9.17) is 0 Å². The fraction of sp³-hybridized carbons (Fsp3) is 0.250. The average Bonchev–Trinajstić information content (AvgIpc) is 2.41. The molecule has 0 saturated carbocycles. The largest absolute Gasteiger partial charge is 0.519 e. The Kier molecular flexibility index (Phi) is 2.69. The summed E-state index contributed by atoms with van der Waals surface area (Å²) in [6.45, 7) is 4.63. The highest BCUT2D eigenvalue weighted by atomic mass is 16.6. The van der Waals surface area contributed by atoms with Crippen LogP contribution < -0.4 is 5.82 Å². The van der Waals surface area contributed by atoms with Crippen molar-refractivity contribution in [3.63, 3.8) is 0 Å². The number of carbonyl (C=O) groups is 1. The van der Waals surface area contributed by atoms with Gasteiger partial charge in [0.2, 0.25) is 0 Å². The topological polar surface area (TPSA) is 69.7 Å². The van der Waals surface area contributed by atoms with Gasteiger partial charge in [0.25, 0.3) is 0 Å². The molecule has 1 aromatic rings. The fourth-order valence-electron chi connectivity index (χ4n) is 0.702. The zero-order valence-electron chi connectivity index (χ0n) is 7.03. The first-order valence-electron chi connectivity index (χ1n) is 3.52. The Balaban J connectivity index is 2.64. The maximum absolute atomic E-state index is 10.6. The maximum atomic E-state index is 10.6. The molecule has 1 aromatic heterocycles. The molecule has 0 spiro atoms. The van der Waals surface area contributed by atoms with E-state index in [9.17, 15) is 9.59 Å². The number of rotatable bonds is 3. The number of ether oxygens (including phenoxy) is 1. The summed E-state index contributed by atoms with van der Waals surface area (Å²) >= 11 is 0. The van der Waals surface area contributed by atoms with Crippen molar-refractivity contribution in [2.45, 2.75) is 13.5 Å². The van der Waals surface area contributed by atoms with Crippen LogP contribution in [0.15, 0.2) is 26.3 Å². The van der Waals surface area contributed by atoms with Crippen LogP contribution in [-0.2, 0) is 16.1 Å². The van der Waals surface area contributed by atoms with E-state index in [1.165, 1.54) is 0 Å². The van der Waals surface area contributed by atoms with E-state index in [1.807, 2.05) is 0 Å². The third kappa shape index (κ3) is 2.33. The summed E-state index contributed by atoms with van der Waals surface area (Å²) in [5.41, 5.74) is 0. The minimum atomic E-state index is -0.804. The zero-order chi connectivity index (χ0) is 9.84. The molecule has 0 unspecified atom stereocenters. The minimum absolute atomic E-state index is 0.123. The highest BCUT2D eigenvalue weighted by Crippen LogP contribution is 2.06. The van der Waals surface area contributed by atoms with E-state index >= 15 is 0 Å². The molecule has 0 saturated heterocycles. The number of carbonyl (C=O) groups excluding carboxylic acids is 1. The summed E-state index contributed by atoms with van der Waals surface area (Å²) in [4.78, 5) is 21.1. The van der Waals surface area contributed by atoms with Gasteiger partial charge in [-0.2, -0.15) is 0 Å². The Morgan fingerprint density at radius 3 is 2.77 bits per heavy atom. The van der Waals surface area contributed by atoms with Crippen molar-refractivity contribution in [1.82, 2.24) is 0 Å². The lowest BCUT2D eigenvalue weighted by atomic mass is 10.4. The molecule has 0 amide bonds. The van der Waals surface area contributed by atoms with Crippen LogP contribution in [-0.4, -0.2) is 5.97 Å². The summed E-state index contributed by atoms with van der Waals surface area (Å²) in [6.07, 6.45) is 1.02. The van der Waals surface area contributed by atoms with E-state index in [0.29, 0.717) is 5.76 Å². The Bertz CT molecular complexity index is 370. The molecule has 70 valence electrons. The van der Waals surface area contributed by atoms with Gasteiger partial charge in [-0.05, 0) is 6.92 Å². The van der Waals surface area contributed by atoms with Gasteiger partial charge in [0.05, 0.1) is 0 Å². The number of esters is 1. The molecule has 1 rings (SSSR count). The number of hydrogen-bond donors (Lipinski definition) is 0. The molecule has 0 aliphatic rings. The highest BCUT2D eigenvalue weighted by molar-refractivity contribution is 5.81. The van der Waals surface area contributed by atoms with Crippen molar-refractivity contribution >= 4 is 5.97 Å². The van der Waals surface area contributed by atoms with E-state index in [0.717, 1.165) is 6.08 Å². The van der Waals surface area contributed by atoms with Crippen LogP contribution in [0.3, 0.4) is 0 Å². The van der Waals surface area contributed by atoms with Gasteiger partial charge in [0, 0.05) is 6.08 Å². The van der Waals surface area contributed by atoms with Crippen molar-refractivity contribution in [2.75, 3.05) is 0 Å². The van der Waals surface area contributed by atoms with Crippen LogP contribution >= 0.6 is 0 Å². The van der Waals surface area contributed by atoms with Crippen LogP contribution in [0.1, 0.15) is 11.5 Å². The molecule has 13 heavy (non-hydrogen) atoms. The molecule has 1 heterocycles. The predicted octanol–water partition coefficient (Wildman–Crippen LogP) is 0.770. The SMILES string of the molecule is C=CC(=O)OCc1oc(=O)oc1C. The molecule has 0 aromatic carbocycles. The van der Waals surface area contributed by atoms with Gasteiger partial charge in [0.1, 0.15) is 0 Å². The van der Waals surface area contributed by atoms with E-state index < -0.39 is 11.8 Å². The van der Waals surface area contributed by atoms with E-state index in [2.05, 4.69) is 20.2 Å². The van der Waals surface area contributed by atoms with Gasteiger partial charge in [0.15, 0.2) is 18.1 Å². The molecule has 0 atom stereocenters. The molecule has 5 heteroatoms. The third-order valence-electron chi connectivity index (χ3n) is 1.35. The Labute approximate surface area is 73.6 Å². The molecule has 0 radical (unpaired) electrons. The first kappa shape index (κ1) is 9.31. The molecule has 5 nitrogen and oxygen atoms in total. The standard InChI is InChI=1S/C8H8O5/c1-3-7(9)11-4-6-5(2)12-8(10)13-6/h3H,1,4H2,2H3. The van der Waals surface area contributed by atoms with Gasteiger partial charge >= 0.3 is 11.8 Å². The second kappa shape index (κ2) is 3.75. The average molecular weight is 184 g/mol.